The van der Waals surface area contributed by atoms with Crippen molar-refractivity contribution in [1.29, 1.82) is 0 Å². The number of benzene rings is 1. The molecule has 0 spiro atoms. The lowest BCUT2D eigenvalue weighted by Crippen LogP contribution is -2.41. The van der Waals surface area contributed by atoms with Crippen molar-refractivity contribution in [3.63, 3.8) is 0 Å². The largest absolute Gasteiger partial charge is 0.347 e. The summed E-state index contributed by atoms with van der Waals surface area (Å²) in [6.07, 6.45) is 0. The fourth-order valence-electron chi connectivity index (χ4n) is 1.35. The van der Waals surface area contributed by atoms with Gasteiger partial charge in [-0.1, -0.05) is 23.7 Å². The molecule has 0 aliphatic rings. The molecule has 1 atom stereocenters. The summed E-state index contributed by atoms with van der Waals surface area (Å²) in [6, 6.07) is 7.41. The summed E-state index contributed by atoms with van der Waals surface area (Å²) >= 11 is 5.79. The molecule has 0 bridgehead atoms. The minimum absolute atomic E-state index is 0.0777. The molecular weight excluding hydrogens is 224 g/mol. The van der Waals surface area contributed by atoms with Gasteiger partial charge in [0.05, 0.1) is 6.04 Å². The number of likely N-dealkylation sites (N-methyl/N-ethyl adjacent to an activating group) is 1. The Morgan fingerprint density at radius 1 is 1.38 bits per heavy atom. The first-order valence-electron chi connectivity index (χ1n) is 5.19. The fraction of sp³-hybridized carbons (Fsp3) is 0.417. The molecule has 0 aromatic heterocycles. The van der Waals surface area contributed by atoms with E-state index in [-0.39, 0.29) is 11.9 Å². The van der Waals surface area contributed by atoms with Crippen LogP contribution in [0, 0.1) is 0 Å². The first kappa shape index (κ1) is 13.0. The quantitative estimate of drug-likeness (QED) is 0.872. The van der Waals surface area contributed by atoms with E-state index in [4.69, 9.17) is 11.6 Å². The minimum Gasteiger partial charge on any atom is -0.347 e. The number of carbonyl (C=O) groups excluding carboxylic acids is 1. The number of carbonyl (C=O) groups is 1. The third-order valence-corrected chi connectivity index (χ3v) is 2.59. The van der Waals surface area contributed by atoms with Gasteiger partial charge < -0.3 is 10.2 Å². The van der Waals surface area contributed by atoms with E-state index in [9.17, 15) is 4.79 Å². The molecule has 0 aliphatic heterocycles. The van der Waals surface area contributed by atoms with Crippen LogP contribution in [0.15, 0.2) is 24.3 Å². The van der Waals surface area contributed by atoms with Gasteiger partial charge in [-0.05, 0) is 24.6 Å². The molecule has 88 valence electrons. The summed E-state index contributed by atoms with van der Waals surface area (Å²) in [6.45, 7) is 2.52. The average molecular weight is 241 g/mol. The molecule has 3 nitrogen and oxygen atoms in total. The smallest absolute Gasteiger partial charge is 0.238 e. The van der Waals surface area contributed by atoms with Crippen molar-refractivity contribution in [3.8, 4) is 0 Å². The number of halogens is 1. The number of hydrogen-bond acceptors (Lipinski definition) is 2. The zero-order valence-electron chi connectivity index (χ0n) is 9.83. The van der Waals surface area contributed by atoms with E-state index < -0.39 is 0 Å². The first-order chi connectivity index (χ1) is 7.50. The van der Waals surface area contributed by atoms with Crippen molar-refractivity contribution in [2.24, 2.45) is 0 Å². The van der Waals surface area contributed by atoms with E-state index in [1.165, 1.54) is 0 Å². The Morgan fingerprint density at radius 3 is 2.44 bits per heavy atom. The van der Waals surface area contributed by atoms with Gasteiger partial charge in [-0.15, -0.1) is 0 Å². The molecule has 4 heteroatoms. The second kappa shape index (κ2) is 5.87. The molecule has 1 N–H and O–H groups in total. The van der Waals surface area contributed by atoms with Crippen molar-refractivity contribution in [2.45, 2.75) is 19.5 Å². The Bertz CT molecular complexity index is 349. The van der Waals surface area contributed by atoms with Crippen LogP contribution in [0.2, 0.25) is 5.02 Å². The number of nitrogens with zero attached hydrogens (tertiary/aromatic N) is 1. The highest BCUT2D eigenvalue weighted by Gasteiger charge is 2.13. The molecular formula is C12H17ClN2O. The Kier molecular flexibility index (Phi) is 4.77. The van der Waals surface area contributed by atoms with E-state index >= 15 is 0 Å². The van der Waals surface area contributed by atoms with Gasteiger partial charge in [-0.3, -0.25) is 4.79 Å². The average Bonchev–Trinajstić information content (AvgIpc) is 2.26. The Morgan fingerprint density at radius 2 is 1.94 bits per heavy atom. The standard InChI is InChI=1S/C12H17ClN2O/c1-9(12(16)15(2)3)14-8-10-4-6-11(13)7-5-10/h4-7,9,14H,8H2,1-3H3/t9-/m1/s1. The van der Waals surface area contributed by atoms with Crippen LogP contribution >= 0.6 is 11.6 Å². The van der Waals surface area contributed by atoms with Crippen LogP contribution in [0.3, 0.4) is 0 Å². The normalized spacial score (nSPS) is 12.2. The second-order valence-corrected chi connectivity index (χ2v) is 4.40. The molecule has 1 aromatic rings. The third-order valence-electron chi connectivity index (χ3n) is 2.34. The molecule has 0 heterocycles. The van der Waals surface area contributed by atoms with E-state index in [0.717, 1.165) is 10.6 Å². The topological polar surface area (TPSA) is 32.3 Å². The highest BCUT2D eigenvalue weighted by atomic mass is 35.5. The molecule has 0 aliphatic carbocycles. The van der Waals surface area contributed by atoms with E-state index in [1.54, 1.807) is 19.0 Å². The van der Waals surface area contributed by atoms with Crippen LogP contribution in [0.4, 0.5) is 0 Å². The predicted molar refractivity (Wildman–Crippen MR) is 66.4 cm³/mol. The van der Waals surface area contributed by atoms with Crippen LogP contribution < -0.4 is 5.32 Å². The van der Waals surface area contributed by atoms with Crippen LogP contribution in [0.25, 0.3) is 0 Å². The van der Waals surface area contributed by atoms with Crippen LogP contribution in [0.5, 0.6) is 0 Å². The van der Waals surface area contributed by atoms with Gasteiger partial charge in [-0.25, -0.2) is 0 Å². The Balaban J connectivity index is 2.45. The van der Waals surface area contributed by atoms with E-state index in [2.05, 4.69) is 5.32 Å². The van der Waals surface area contributed by atoms with Crippen molar-refractivity contribution < 1.29 is 4.79 Å². The highest BCUT2D eigenvalue weighted by Crippen LogP contribution is 2.09. The third kappa shape index (κ3) is 3.83. The molecule has 0 saturated carbocycles. The number of nitrogens with one attached hydrogen (secondary N) is 1. The molecule has 1 aromatic carbocycles. The maximum Gasteiger partial charge on any atom is 0.238 e. The lowest BCUT2D eigenvalue weighted by molar-refractivity contribution is -0.130. The molecule has 1 rings (SSSR count). The van der Waals surface area contributed by atoms with Crippen molar-refractivity contribution in [1.82, 2.24) is 10.2 Å². The maximum atomic E-state index is 11.6. The lowest BCUT2D eigenvalue weighted by Gasteiger charge is -2.18. The molecule has 1 amide bonds. The van der Waals surface area contributed by atoms with Gasteiger partial charge in [0.25, 0.3) is 0 Å². The molecule has 0 saturated heterocycles. The Labute approximate surface area is 101 Å². The van der Waals surface area contributed by atoms with Crippen LogP contribution in [-0.2, 0) is 11.3 Å². The van der Waals surface area contributed by atoms with Gasteiger partial charge in [0, 0.05) is 25.7 Å². The van der Waals surface area contributed by atoms with Crippen LogP contribution in [-0.4, -0.2) is 30.9 Å². The van der Waals surface area contributed by atoms with Gasteiger partial charge in [0.2, 0.25) is 5.91 Å². The molecule has 16 heavy (non-hydrogen) atoms. The minimum atomic E-state index is -0.175. The Hall–Kier alpha value is -1.06. The summed E-state index contributed by atoms with van der Waals surface area (Å²) in [5.41, 5.74) is 1.11. The summed E-state index contributed by atoms with van der Waals surface area (Å²) in [7, 11) is 3.51. The van der Waals surface area contributed by atoms with Crippen LogP contribution in [0.1, 0.15) is 12.5 Å². The van der Waals surface area contributed by atoms with Gasteiger partial charge in [0.15, 0.2) is 0 Å². The fourth-order valence-corrected chi connectivity index (χ4v) is 1.47. The van der Waals surface area contributed by atoms with Gasteiger partial charge in [-0.2, -0.15) is 0 Å². The van der Waals surface area contributed by atoms with Crippen molar-refractivity contribution >= 4 is 17.5 Å². The summed E-state index contributed by atoms with van der Waals surface area (Å²) in [5, 5.41) is 3.89. The van der Waals surface area contributed by atoms with E-state index in [0.29, 0.717) is 6.54 Å². The number of rotatable bonds is 4. The monoisotopic (exact) mass is 240 g/mol. The van der Waals surface area contributed by atoms with Crippen molar-refractivity contribution in [2.75, 3.05) is 14.1 Å². The predicted octanol–water partition coefficient (Wildman–Crippen LogP) is 1.91. The number of hydrogen-bond donors (Lipinski definition) is 1. The molecule has 0 unspecified atom stereocenters. The molecule has 0 radical (unpaired) electrons. The zero-order valence-corrected chi connectivity index (χ0v) is 10.6. The highest BCUT2D eigenvalue weighted by molar-refractivity contribution is 6.30. The summed E-state index contributed by atoms with van der Waals surface area (Å²) in [5.74, 6) is 0.0777. The number of amides is 1. The summed E-state index contributed by atoms with van der Waals surface area (Å²) < 4.78 is 0. The second-order valence-electron chi connectivity index (χ2n) is 3.96. The van der Waals surface area contributed by atoms with Crippen molar-refractivity contribution in [3.05, 3.63) is 34.9 Å². The zero-order chi connectivity index (χ0) is 12.1. The first-order valence-corrected chi connectivity index (χ1v) is 5.57. The maximum absolute atomic E-state index is 11.6. The van der Waals surface area contributed by atoms with Gasteiger partial charge in [0.1, 0.15) is 0 Å². The summed E-state index contributed by atoms with van der Waals surface area (Å²) in [4.78, 5) is 13.1. The molecule has 0 fully saturated rings. The van der Waals surface area contributed by atoms with Gasteiger partial charge >= 0.3 is 0 Å². The SMILES string of the molecule is C[C@@H](NCc1ccc(Cl)cc1)C(=O)N(C)C. The lowest BCUT2D eigenvalue weighted by atomic mass is 10.2. The van der Waals surface area contributed by atoms with E-state index in [1.807, 2.05) is 31.2 Å².